The first kappa shape index (κ1) is 19.8. The van der Waals surface area contributed by atoms with Crippen molar-refractivity contribution in [2.75, 3.05) is 23.3 Å². The highest BCUT2D eigenvalue weighted by Gasteiger charge is 2.17. The predicted octanol–water partition coefficient (Wildman–Crippen LogP) is 5.49. The fraction of sp³-hybridized carbons (Fsp3) is 0.217. The number of anilines is 2. The summed E-state index contributed by atoms with van der Waals surface area (Å²) in [6.07, 6.45) is 2.43. The SMILES string of the molecule is Cc1nc(-c2cccs2)sc1C(=O)Nc1ccc(-c2ccc(N3CCCC3)nn2)cc1. The molecule has 1 saturated heterocycles. The van der Waals surface area contributed by atoms with E-state index in [0.717, 1.165) is 51.4 Å². The van der Waals surface area contributed by atoms with Gasteiger partial charge in [0.25, 0.3) is 5.91 Å². The van der Waals surface area contributed by atoms with Crippen LogP contribution in [0.15, 0.2) is 53.9 Å². The molecule has 1 fully saturated rings. The van der Waals surface area contributed by atoms with Crippen molar-refractivity contribution in [3.63, 3.8) is 0 Å². The van der Waals surface area contributed by atoms with Gasteiger partial charge in [0.1, 0.15) is 9.88 Å². The highest BCUT2D eigenvalue weighted by atomic mass is 32.1. The molecule has 3 aromatic heterocycles. The Balaban J connectivity index is 1.28. The van der Waals surface area contributed by atoms with Crippen molar-refractivity contribution in [2.24, 2.45) is 0 Å². The number of aryl methyl sites for hydroxylation is 1. The Morgan fingerprint density at radius 2 is 1.84 bits per heavy atom. The molecule has 5 rings (SSSR count). The van der Waals surface area contributed by atoms with Gasteiger partial charge in [-0.25, -0.2) is 4.98 Å². The minimum absolute atomic E-state index is 0.139. The van der Waals surface area contributed by atoms with Crippen LogP contribution in [-0.4, -0.2) is 34.2 Å². The molecule has 0 radical (unpaired) electrons. The standard InChI is InChI=1S/C23H21N5OS2/c1-15-21(31-23(24-15)19-5-4-14-30-19)22(29)25-17-8-6-16(7-9-17)18-10-11-20(27-26-18)28-12-2-3-13-28/h4-11,14H,2-3,12-13H2,1H3,(H,25,29). The van der Waals surface area contributed by atoms with E-state index in [4.69, 9.17) is 0 Å². The van der Waals surface area contributed by atoms with Crippen molar-refractivity contribution >= 4 is 40.1 Å². The lowest BCUT2D eigenvalue weighted by atomic mass is 10.1. The van der Waals surface area contributed by atoms with Crippen molar-refractivity contribution in [3.8, 4) is 21.1 Å². The molecule has 0 aliphatic carbocycles. The Kier molecular flexibility index (Phi) is 5.48. The maximum Gasteiger partial charge on any atom is 0.267 e. The van der Waals surface area contributed by atoms with E-state index in [-0.39, 0.29) is 5.91 Å². The number of carbonyl (C=O) groups excluding carboxylic acids is 1. The van der Waals surface area contributed by atoms with E-state index in [1.807, 2.05) is 60.8 Å². The molecule has 0 spiro atoms. The second kappa shape index (κ2) is 8.56. The molecular formula is C23H21N5OS2. The smallest absolute Gasteiger partial charge is 0.267 e. The van der Waals surface area contributed by atoms with Crippen LogP contribution in [0.3, 0.4) is 0 Å². The lowest BCUT2D eigenvalue weighted by Crippen LogP contribution is -2.19. The number of thiophene rings is 1. The third-order valence-electron chi connectivity index (χ3n) is 5.25. The fourth-order valence-electron chi connectivity index (χ4n) is 3.62. The third-order valence-corrected chi connectivity index (χ3v) is 7.45. The molecule has 1 amide bonds. The van der Waals surface area contributed by atoms with Gasteiger partial charge in [-0.15, -0.1) is 32.9 Å². The highest BCUT2D eigenvalue weighted by molar-refractivity contribution is 7.22. The van der Waals surface area contributed by atoms with Crippen molar-refractivity contribution in [1.82, 2.24) is 15.2 Å². The molecule has 1 aliphatic rings. The van der Waals surface area contributed by atoms with Gasteiger partial charge in [0, 0.05) is 24.3 Å². The van der Waals surface area contributed by atoms with Crippen molar-refractivity contribution in [3.05, 3.63) is 64.5 Å². The highest BCUT2D eigenvalue weighted by Crippen LogP contribution is 2.31. The van der Waals surface area contributed by atoms with Crippen molar-refractivity contribution < 1.29 is 4.79 Å². The number of hydrogen-bond acceptors (Lipinski definition) is 7. The average molecular weight is 448 g/mol. The van der Waals surface area contributed by atoms with Crippen LogP contribution in [0.4, 0.5) is 11.5 Å². The van der Waals surface area contributed by atoms with Crippen LogP contribution < -0.4 is 10.2 Å². The summed E-state index contributed by atoms with van der Waals surface area (Å²) < 4.78 is 0. The molecule has 4 aromatic rings. The molecule has 0 bridgehead atoms. The Bertz CT molecular complexity index is 1180. The lowest BCUT2D eigenvalue weighted by molar-refractivity contribution is 0.103. The average Bonchev–Trinajstić information content (AvgIpc) is 3.56. The van der Waals surface area contributed by atoms with Gasteiger partial charge < -0.3 is 10.2 Å². The number of carbonyl (C=O) groups is 1. The zero-order chi connectivity index (χ0) is 21.2. The third kappa shape index (κ3) is 4.22. The maximum atomic E-state index is 12.8. The number of nitrogens with zero attached hydrogens (tertiary/aromatic N) is 4. The van der Waals surface area contributed by atoms with Crippen LogP contribution in [0.1, 0.15) is 28.2 Å². The first-order valence-electron chi connectivity index (χ1n) is 10.2. The van der Waals surface area contributed by atoms with Gasteiger partial charge in [-0.3, -0.25) is 4.79 Å². The summed E-state index contributed by atoms with van der Waals surface area (Å²) in [5.74, 6) is 0.798. The lowest BCUT2D eigenvalue weighted by Gasteiger charge is -2.15. The first-order valence-corrected chi connectivity index (χ1v) is 11.9. The second-order valence-corrected chi connectivity index (χ2v) is 9.36. The normalized spacial score (nSPS) is 13.5. The van der Waals surface area contributed by atoms with Crippen LogP contribution >= 0.6 is 22.7 Å². The summed E-state index contributed by atoms with van der Waals surface area (Å²) >= 11 is 3.04. The summed E-state index contributed by atoms with van der Waals surface area (Å²) in [6, 6.07) is 15.7. The topological polar surface area (TPSA) is 71.0 Å². The van der Waals surface area contributed by atoms with E-state index in [1.165, 1.54) is 24.2 Å². The van der Waals surface area contributed by atoms with E-state index in [1.54, 1.807) is 11.3 Å². The molecule has 1 N–H and O–H groups in total. The van der Waals surface area contributed by atoms with Gasteiger partial charge >= 0.3 is 0 Å². The first-order chi connectivity index (χ1) is 15.2. The van der Waals surface area contributed by atoms with E-state index in [2.05, 4.69) is 25.4 Å². The number of benzene rings is 1. The summed E-state index contributed by atoms with van der Waals surface area (Å²) in [4.78, 5) is 21.3. The number of aromatic nitrogens is 3. The summed E-state index contributed by atoms with van der Waals surface area (Å²) in [6.45, 7) is 3.98. The van der Waals surface area contributed by atoms with Crippen LogP contribution in [0.25, 0.3) is 21.1 Å². The molecular weight excluding hydrogens is 426 g/mol. The number of thiazole rings is 1. The van der Waals surface area contributed by atoms with Crippen LogP contribution in [0.2, 0.25) is 0 Å². The Hall–Kier alpha value is -3.10. The number of nitrogens with one attached hydrogen (secondary N) is 1. The zero-order valence-electron chi connectivity index (χ0n) is 17.0. The zero-order valence-corrected chi connectivity index (χ0v) is 18.7. The van der Waals surface area contributed by atoms with Gasteiger partial charge in [-0.1, -0.05) is 18.2 Å². The van der Waals surface area contributed by atoms with Gasteiger partial charge in [0.05, 0.1) is 16.3 Å². The van der Waals surface area contributed by atoms with Gasteiger partial charge in [-0.05, 0) is 55.5 Å². The quantitative estimate of drug-likeness (QED) is 0.438. The fourth-order valence-corrected chi connectivity index (χ4v) is 5.38. The van der Waals surface area contributed by atoms with Crippen molar-refractivity contribution in [1.29, 1.82) is 0 Å². The monoisotopic (exact) mass is 447 g/mol. The summed E-state index contributed by atoms with van der Waals surface area (Å²) in [5, 5.41) is 14.6. The Morgan fingerprint density at radius 1 is 1.03 bits per heavy atom. The molecule has 1 aliphatic heterocycles. The summed E-state index contributed by atoms with van der Waals surface area (Å²) in [5.41, 5.74) is 3.27. The van der Waals surface area contributed by atoms with E-state index in [9.17, 15) is 4.79 Å². The van der Waals surface area contributed by atoms with Crippen LogP contribution in [0.5, 0.6) is 0 Å². The Labute approximate surface area is 188 Å². The number of rotatable bonds is 5. The summed E-state index contributed by atoms with van der Waals surface area (Å²) in [7, 11) is 0. The molecule has 31 heavy (non-hydrogen) atoms. The van der Waals surface area contributed by atoms with E-state index in [0.29, 0.717) is 4.88 Å². The second-order valence-electron chi connectivity index (χ2n) is 7.41. The molecule has 8 heteroatoms. The van der Waals surface area contributed by atoms with E-state index < -0.39 is 0 Å². The van der Waals surface area contributed by atoms with Crippen LogP contribution in [-0.2, 0) is 0 Å². The number of hydrogen-bond donors (Lipinski definition) is 1. The largest absolute Gasteiger partial charge is 0.355 e. The van der Waals surface area contributed by atoms with Gasteiger partial charge in [0.15, 0.2) is 5.82 Å². The minimum atomic E-state index is -0.139. The van der Waals surface area contributed by atoms with E-state index >= 15 is 0 Å². The van der Waals surface area contributed by atoms with Gasteiger partial charge in [-0.2, -0.15) is 0 Å². The minimum Gasteiger partial charge on any atom is -0.355 e. The molecule has 156 valence electrons. The maximum absolute atomic E-state index is 12.8. The van der Waals surface area contributed by atoms with Crippen molar-refractivity contribution in [2.45, 2.75) is 19.8 Å². The molecule has 0 atom stereocenters. The molecule has 4 heterocycles. The Morgan fingerprint density at radius 3 is 2.52 bits per heavy atom. The number of amides is 1. The van der Waals surface area contributed by atoms with Gasteiger partial charge in [0.2, 0.25) is 0 Å². The molecule has 6 nitrogen and oxygen atoms in total. The molecule has 0 saturated carbocycles. The molecule has 1 aromatic carbocycles. The molecule has 0 unspecified atom stereocenters. The van der Waals surface area contributed by atoms with Crippen LogP contribution in [0, 0.1) is 6.92 Å². The predicted molar refractivity (Wildman–Crippen MR) is 127 cm³/mol.